The molecule has 108 valence electrons. The lowest BCUT2D eigenvalue weighted by atomic mass is 10.0. The average molecular weight is 305 g/mol. The SMILES string of the molecule is Clc1ccc(-c2nc(C3CCCOC3)no2)c2ccoc12. The van der Waals surface area contributed by atoms with Crippen molar-refractivity contribution in [3.63, 3.8) is 0 Å². The van der Waals surface area contributed by atoms with Crippen molar-refractivity contribution in [2.45, 2.75) is 18.8 Å². The number of ether oxygens (including phenoxy) is 1. The number of aromatic nitrogens is 2. The third-order valence-electron chi connectivity index (χ3n) is 3.77. The monoisotopic (exact) mass is 304 g/mol. The van der Waals surface area contributed by atoms with Crippen LogP contribution in [0, 0.1) is 0 Å². The molecular weight excluding hydrogens is 292 g/mol. The number of benzene rings is 1. The van der Waals surface area contributed by atoms with Gasteiger partial charge in [-0.2, -0.15) is 4.98 Å². The number of hydrogen-bond donors (Lipinski definition) is 0. The lowest BCUT2D eigenvalue weighted by Crippen LogP contribution is -2.16. The van der Waals surface area contributed by atoms with Crippen molar-refractivity contribution in [3.05, 3.63) is 35.3 Å². The van der Waals surface area contributed by atoms with E-state index in [4.69, 9.17) is 25.3 Å². The van der Waals surface area contributed by atoms with Crippen molar-refractivity contribution < 1.29 is 13.7 Å². The molecule has 1 atom stereocenters. The summed E-state index contributed by atoms with van der Waals surface area (Å²) >= 11 is 6.11. The Hall–Kier alpha value is -1.85. The van der Waals surface area contributed by atoms with Gasteiger partial charge in [-0.05, 0) is 31.0 Å². The molecule has 1 aromatic carbocycles. The van der Waals surface area contributed by atoms with Crippen LogP contribution in [0.1, 0.15) is 24.6 Å². The lowest BCUT2D eigenvalue weighted by molar-refractivity contribution is 0.0773. The Morgan fingerprint density at radius 3 is 3.05 bits per heavy atom. The molecule has 0 spiro atoms. The summed E-state index contributed by atoms with van der Waals surface area (Å²) in [6.07, 6.45) is 3.66. The summed E-state index contributed by atoms with van der Waals surface area (Å²) in [7, 11) is 0. The largest absolute Gasteiger partial charge is 0.463 e. The van der Waals surface area contributed by atoms with E-state index in [1.165, 1.54) is 0 Å². The minimum Gasteiger partial charge on any atom is -0.463 e. The van der Waals surface area contributed by atoms with Gasteiger partial charge in [0, 0.05) is 17.9 Å². The zero-order chi connectivity index (χ0) is 14.2. The maximum atomic E-state index is 6.11. The molecule has 0 bridgehead atoms. The summed E-state index contributed by atoms with van der Waals surface area (Å²) in [6, 6.07) is 5.50. The quantitative estimate of drug-likeness (QED) is 0.715. The second-order valence-electron chi connectivity index (χ2n) is 5.13. The first-order valence-electron chi connectivity index (χ1n) is 6.90. The first-order valence-corrected chi connectivity index (χ1v) is 7.28. The van der Waals surface area contributed by atoms with E-state index in [1.54, 1.807) is 12.3 Å². The van der Waals surface area contributed by atoms with E-state index in [0.29, 0.717) is 28.9 Å². The van der Waals surface area contributed by atoms with Gasteiger partial charge < -0.3 is 13.7 Å². The van der Waals surface area contributed by atoms with Crippen LogP contribution in [0.4, 0.5) is 0 Å². The highest BCUT2D eigenvalue weighted by molar-refractivity contribution is 6.35. The van der Waals surface area contributed by atoms with Crippen molar-refractivity contribution in [1.82, 2.24) is 10.1 Å². The summed E-state index contributed by atoms with van der Waals surface area (Å²) in [5.41, 5.74) is 1.47. The minimum absolute atomic E-state index is 0.211. The van der Waals surface area contributed by atoms with Crippen LogP contribution in [0.3, 0.4) is 0 Å². The van der Waals surface area contributed by atoms with Crippen LogP contribution in [-0.2, 0) is 4.74 Å². The number of hydrogen-bond acceptors (Lipinski definition) is 5. The fourth-order valence-corrected chi connectivity index (χ4v) is 2.88. The summed E-state index contributed by atoms with van der Waals surface area (Å²) in [4.78, 5) is 4.52. The van der Waals surface area contributed by atoms with Crippen molar-refractivity contribution in [1.29, 1.82) is 0 Å². The van der Waals surface area contributed by atoms with Crippen LogP contribution < -0.4 is 0 Å². The minimum atomic E-state index is 0.211. The Kier molecular flexibility index (Phi) is 3.16. The predicted octanol–water partition coefficient (Wildman–Crippen LogP) is 4.03. The lowest BCUT2D eigenvalue weighted by Gasteiger charge is -2.18. The molecule has 3 aromatic rings. The van der Waals surface area contributed by atoms with E-state index >= 15 is 0 Å². The molecule has 6 heteroatoms. The molecule has 0 radical (unpaired) electrons. The highest BCUT2D eigenvalue weighted by Gasteiger charge is 2.23. The first-order chi connectivity index (χ1) is 10.3. The second kappa shape index (κ2) is 5.16. The molecule has 5 nitrogen and oxygen atoms in total. The molecule has 0 amide bonds. The third-order valence-corrected chi connectivity index (χ3v) is 4.06. The molecular formula is C15H13ClN2O3. The number of rotatable bonds is 2. The van der Waals surface area contributed by atoms with Gasteiger partial charge in [-0.1, -0.05) is 16.8 Å². The van der Waals surface area contributed by atoms with Gasteiger partial charge in [-0.3, -0.25) is 0 Å². The highest BCUT2D eigenvalue weighted by atomic mass is 35.5. The Bertz CT molecular complexity index is 774. The molecule has 1 unspecified atom stereocenters. The van der Waals surface area contributed by atoms with Gasteiger partial charge in [0.15, 0.2) is 11.4 Å². The van der Waals surface area contributed by atoms with E-state index in [9.17, 15) is 0 Å². The molecule has 3 heterocycles. The molecule has 21 heavy (non-hydrogen) atoms. The maximum Gasteiger partial charge on any atom is 0.258 e. The Morgan fingerprint density at radius 2 is 2.19 bits per heavy atom. The van der Waals surface area contributed by atoms with Gasteiger partial charge in [-0.25, -0.2) is 0 Å². The predicted molar refractivity (Wildman–Crippen MR) is 77.3 cm³/mol. The van der Waals surface area contributed by atoms with Gasteiger partial charge >= 0.3 is 0 Å². The number of furan rings is 1. The smallest absolute Gasteiger partial charge is 0.258 e. The normalized spacial score (nSPS) is 19.2. The van der Waals surface area contributed by atoms with E-state index in [-0.39, 0.29) is 5.92 Å². The average Bonchev–Trinajstić information content (AvgIpc) is 3.18. The fraction of sp³-hybridized carbons (Fsp3) is 0.333. The Labute approximate surface area is 125 Å². The fourth-order valence-electron chi connectivity index (χ4n) is 2.67. The van der Waals surface area contributed by atoms with Crippen molar-refractivity contribution >= 4 is 22.6 Å². The van der Waals surface area contributed by atoms with Gasteiger partial charge in [-0.15, -0.1) is 0 Å². The van der Waals surface area contributed by atoms with E-state index in [2.05, 4.69) is 10.1 Å². The van der Waals surface area contributed by atoms with Crippen LogP contribution >= 0.6 is 11.6 Å². The number of halogens is 1. The zero-order valence-corrected chi connectivity index (χ0v) is 12.0. The Balaban J connectivity index is 1.74. The molecule has 1 aliphatic rings. The molecule has 0 aliphatic carbocycles. The summed E-state index contributed by atoms with van der Waals surface area (Å²) in [6.45, 7) is 1.47. The van der Waals surface area contributed by atoms with Gasteiger partial charge in [0.2, 0.25) is 0 Å². The van der Waals surface area contributed by atoms with Crippen molar-refractivity contribution in [2.75, 3.05) is 13.2 Å². The molecule has 2 aromatic heterocycles. The van der Waals surface area contributed by atoms with Gasteiger partial charge in [0.1, 0.15) is 0 Å². The summed E-state index contributed by atoms with van der Waals surface area (Å²) < 4.78 is 16.3. The summed E-state index contributed by atoms with van der Waals surface area (Å²) in [5.74, 6) is 1.40. The molecule has 1 aliphatic heterocycles. The van der Waals surface area contributed by atoms with E-state index < -0.39 is 0 Å². The molecule has 4 rings (SSSR count). The molecule has 0 saturated carbocycles. The number of nitrogens with zero attached hydrogens (tertiary/aromatic N) is 2. The van der Waals surface area contributed by atoms with Crippen LogP contribution in [0.25, 0.3) is 22.4 Å². The van der Waals surface area contributed by atoms with Gasteiger partial charge in [0.25, 0.3) is 5.89 Å². The first kappa shape index (κ1) is 12.9. The molecule has 1 saturated heterocycles. The highest BCUT2D eigenvalue weighted by Crippen LogP contribution is 2.34. The maximum absolute atomic E-state index is 6.11. The topological polar surface area (TPSA) is 61.3 Å². The molecule has 0 N–H and O–H groups in total. The number of fused-ring (bicyclic) bond motifs is 1. The molecule has 1 fully saturated rings. The third kappa shape index (κ3) is 2.22. The van der Waals surface area contributed by atoms with Crippen LogP contribution in [0.15, 0.2) is 33.4 Å². The second-order valence-corrected chi connectivity index (χ2v) is 5.54. The van der Waals surface area contributed by atoms with E-state index in [0.717, 1.165) is 30.4 Å². The van der Waals surface area contributed by atoms with Crippen LogP contribution in [-0.4, -0.2) is 23.4 Å². The van der Waals surface area contributed by atoms with Crippen molar-refractivity contribution in [2.24, 2.45) is 0 Å². The van der Waals surface area contributed by atoms with Gasteiger partial charge in [0.05, 0.1) is 23.5 Å². The van der Waals surface area contributed by atoms with Crippen molar-refractivity contribution in [3.8, 4) is 11.5 Å². The Morgan fingerprint density at radius 1 is 1.24 bits per heavy atom. The van der Waals surface area contributed by atoms with Crippen LogP contribution in [0.5, 0.6) is 0 Å². The zero-order valence-electron chi connectivity index (χ0n) is 11.2. The van der Waals surface area contributed by atoms with E-state index in [1.807, 2.05) is 12.1 Å². The standard InChI is InChI=1S/C15H13ClN2O3/c16-12-4-3-11(10-5-7-20-13(10)12)15-17-14(18-21-15)9-2-1-6-19-8-9/h3-5,7,9H,1-2,6,8H2. The van der Waals surface area contributed by atoms with Crippen LogP contribution in [0.2, 0.25) is 5.02 Å². The summed E-state index contributed by atoms with van der Waals surface area (Å²) in [5, 5.41) is 5.54.